The van der Waals surface area contributed by atoms with Gasteiger partial charge >= 0.3 is 6.18 Å². The Morgan fingerprint density at radius 1 is 0.947 bits per heavy atom. The molecular formula is C14H9F4I. The number of benzene rings is 2. The molecule has 2 aromatic carbocycles. The average molecular weight is 380 g/mol. The fourth-order valence-electron chi connectivity index (χ4n) is 1.75. The molecule has 0 unspecified atom stereocenters. The SMILES string of the molecule is Cc1ccc(F)c(-c2cc(C(F)(F)F)ccc2I)c1. The van der Waals surface area contributed by atoms with Crippen molar-refractivity contribution in [1.29, 1.82) is 0 Å². The van der Waals surface area contributed by atoms with Crippen LogP contribution >= 0.6 is 22.6 Å². The van der Waals surface area contributed by atoms with E-state index in [0.29, 0.717) is 3.57 Å². The number of hydrogen-bond acceptors (Lipinski definition) is 0. The molecule has 0 saturated carbocycles. The lowest BCUT2D eigenvalue weighted by Gasteiger charge is -2.12. The van der Waals surface area contributed by atoms with E-state index in [1.165, 1.54) is 12.1 Å². The van der Waals surface area contributed by atoms with E-state index >= 15 is 0 Å². The normalized spacial score (nSPS) is 11.7. The molecule has 0 N–H and O–H groups in total. The minimum atomic E-state index is -4.43. The highest BCUT2D eigenvalue weighted by atomic mass is 127. The van der Waals surface area contributed by atoms with Crippen molar-refractivity contribution in [2.24, 2.45) is 0 Å². The number of aryl methyl sites for hydroxylation is 1. The highest BCUT2D eigenvalue weighted by Crippen LogP contribution is 2.35. The van der Waals surface area contributed by atoms with Gasteiger partial charge in [0.25, 0.3) is 0 Å². The summed E-state index contributed by atoms with van der Waals surface area (Å²) in [7, 11) is 0. The fourth-order valence-corrected chi connectivity index (χ4v) is 2.38. The van der Waals surface area contributed by atoms with Crippen LogP contribution in [0.25, 0.3) is 11.1 Å². The van der Waals surface area contributed by atoms with Crippen molar-refractivity contribution in [3.63, 3.8) is 0 Å². The van der Waals surface area contributed by atoms with Gasteiger partial charge in [-0.05, 0) is 65.4 Å². The smallest absolute Gasteiger partial charge is 0.206 e. The van der Waals surface area contributed by atoms with E-state index in [-0.39, 0.29) is 11.1 Å². The van der Waals surface area contributed by atoms with Gasteiger partial charge < -0.3 is 0 Å². The van der Waals surface area contributed by atoms with Gasteiger partial charge in [-0.2, -0.15) is 13.2 Å². The molecule has 0 aliphatic rings. The lowest BCUT2D eigenvalue weighted by atomic mass is 10.0. The molecule has 0 saturated heterocycles. The van der Waals surface area contributed by atoms with Crippen LogP contribution in [0.3, 0.4) is 0 Å². The molecule has 0 spiro atoms. The van der Waals surface area contributed by atoms with Gasteiger partial charge in [0.05, 0.1) is 5.56 Å². The maximum atomic E-state index is 13.8. The molecule has 100 valence electrons. The molecule has 0 atom stereocenters. The molecular weight excluding hydrogens is 371 g/mol. The Kier molecular flexibility index (Phi) is 3.85. The van der Waals surface area contributed by atoms with Crippen LogP contribution < -0.4 is 0 Å². The highest BCUT2D eigenvalue weighted by Gasteiger charge is 2.31. The first-order valence-corrected chi connectivity index (χ1v) is 6.50. The van der Waals surface area contributed by atoms with Gasteiger partial charge in [0.15, 0.2) is 0 Å². The van der Waals surface area contributed by atoms with Gasteiger partial charge in [-0.1, -0.05) is 11.6 Å². The molecule has 5 heteroatoms. The zero-order valence-corrected chi connectivity index (χ0v) is 12.0. The van der Waals surface area contributed by atoms with Crippen molar-refractivity contribution >= 4 is 22.6 Å². The number of rotatable bonds is 1. The van der Waals surface area contributed by atoms with E-state index in [9.17, 15) is 17.6 Å². The Labute approximate surface area is 121 Å². The van der Waals surface area contributed by atoms with Gasteiger partial charge in [0, 0.05) is 9.13 Å². The Morgan fingerprint density at radius 2 is 1.63 bits per heavy atom. The average Bonchev–Trinajstić information content (AvgIpc) is 2.32. The van der Waals surface area contributed by atoms with E-state index in [4.69, 9.17) is 0 Å². The van der Waals surface area contributed by atoms with Gasteiger partial charge in [-0.25, -0.2) is 4.39 Å². The maximum absolute atomic E-state index is 13.8. The van der Waals surface area contributed by atoms with Crippen LogP contribution in [-0.2, 0) is 6.18 Å². The van der Waals surface area contributed by atoms with Crippen LogP contribution in [0.4, 0.5) is 17.6 Å². The van der Waals surface area contributed by atoms with E-state index in [2.05, 4.69) is 0 Å². The minimum absolute atomic E-state index is 0.190. The van der Waals surface area contributed by atoms with Crippen molar-refractivity contribution < 1.29 is 17.6 Å². The quantitative estimate of drug-likeness (QED) is 0.458. The first-order chi connectivity index (χ1) is 8.79. The second kappa shape index (κ2) is 5.11. The Bertz CT molecular complexity index is 617. The van der Waals surface area contributed by atoms with Crippen LogP contribution in [-0.4, -0.2) is 0 Å². The molecule has 0 heterocycles. The fraction of sp³-hybridized carbons (Fsp3) is 0.143. The molecule has 2 aromatic rings. The van der Waals surface area contributed by atoms with Gasteiger partial charge in [-0.15, -0.1) is 0 Å². The van der Waals surface area contributed by atoms with Crippen LogP contribution in [0.2, 0.25) is 0 Å². The third-order valence-electron chi connectivity index (χ3n) is 2.71. The van der Waals surface area contributed by atoms with Crippen molar-refractivity contribution in [2.75, 3.05) is 0 Å². The summed E-state index contributed by atoms with van der Waals surface area (Å²) in [6.45, 7) is 1.77. The second-order valence-electron chi connectivity index (χ2n) is 4.18. The largest absolute Gasteiger partial charge is 0.416 e. The molecule has 0 aliphatic carbocycles. The van der Waals surface area contributed by atoms with Crippen LogP contribution in [0.5, 0.6) is 0 Å². The minimum Gasteiger partial charge on any atom is -0.206 e. The van der Waals surface area contributed by atoms with Crippen molar-refractivity contribution in [1.82, 2.24) is 0 Å². The Hall–Kier alpha value is -1.11. The van der Waals surface area contributed by atoms with E-state index in [1.54, 1.807) is 19.1 Å². The predicted molar refractivity (Wildman–Crippen MR) is 74.3 cm³/mol. The van der Waals surface area contributed by atoms with Crippen LogP contribution in [0, 0.1) is 16.3 Å². The van der Waals surface area contributed by atoms with E-state index < -0.39 is 17.6 Å². The molecule has 0 aliphatic heterocycles. The van der Waals surface area contributed by atoms with Crippen molar-refractivity contribution in [3.05, 3.63) is 56.9 Å². The second-order valence-corrected chi connectivity index (χ2v) is 5.34. The molecule has 0 amide bonds. The summed E-state index contributed by atoms with van der Waals surface area (Å²) in [4.78, 5) is 0. The van der Waals surface area contributed by atoms with E-state index in [0.717, 1.165) is 17.7 Å². The summed E-state index contributed by atoms with van der Waals surface area (Å²) in [5, 5.41) is 0. The molecule has 2 rings (SSSR count). The lowest BCUT2D eigenvalue weighted by molar-refractivity contribution is -0.137. The summed E-state index contributed by atoms with van der Waals surface area (Å²) in [5.74, 6) is -0.525. The highest BCUT2D eigenvalue weighted by molar-refractivity contribution is 14.1. The number of alkyl halides is 3. The molecule has 19 heavy (non-hydrogen) atoms. The summed E-state index contributed by atoms with van der Waals surface area (Å²) in [5.41, 5.74) is 0.473. The lowest BCUT2D eigenvalue weighted by Crippen LogP contribution is -2.05. The van der Waals surface area contributed by atoms with Crippen molar-refractivity contribution in [3.8, 4) is 11.1 Å². The topological polar surface area (TPSA) is 0 Å². The van der Waals surface area contributed by atoms with Gasteiger partial charge in [-0.3, -0.25) is 0 Å². The standard InChI is InChI=1S/C14H9F4I/c1-8-2-4-12(15)10(6-8)11-7-9(14(16,17)18)3-5-13(11)19/h2-7H,1H3. The molecule has 0 fully saturated rings. The van der Waals surface area contributed by atoms with Gasteiger partial charge in [0.2, 0.25) is 0 Å². The number of halogens is 5. The molecule has 0 nitrogen and oxygen atoms in total. The first-order valence-electron chi connectivity index (χ1n) is 5.42. The Balaban J connectivity index is 2.64. The van der Waals surface area contributed by atoms with Crippen LogP contribution in [0.1, 0.15) is 11.1 Å². The zero-order valence-electron chi connectivity index (χ0n) is 9.85. The Morgan fingerprint density at radius 3 is 2.26 bits per heavy atom. The zero-order chi connectivity index (χ0) is 14.2. The van der Waals surface area contributed by atoms with Crippen molar-refractivity contribution in [2.45, 2.75) is 13.1 Å². The summed E-state index contributed by atoms with van der Waals surface area (Å²) in [6, 6.07) is 7.73. The maximum Gasteiger partial charge on any atom is 0.416 e. The molecule has 0 aromatic heterocycles. The third kappa shape index (κ3) is 3.08. The summed E-state index contributed by atoms with van der Waals surface area (Å²) in [6.07, 6.45) is -4.43. The predicted octanol–water partition coefficient (Wildman–Crippen LogP) is 5.42. The van der Waals surface area contributed by atoms with E-state index in [1.807, 2.05) is 22.6 Å². The monoisotopic (exact) mass is 380 g/mol. The molecule has 0 radical (unpaired) electrons. The van der Waals surface area contributed by atoms with Gasteiger partial charge in [0.1, 0.15) is 5.82 Å². The molecule has 0 bridgehead atoms. The summed E-state index contributed by atoms with van der Waals surface area (Å²) >= 11 is 1.90. The first kappa shape index (κ1) is 14.3. The summed E-state index contributed by atoms with van der Waals surface area (Å²) < 4.78 is 52.5. The van der Waals surface area contributed by atoms with Crippen LogP contribution in [0.15, 0.2) is 36.4 Å². The third-order valence-corrected chi connectivity index (χ3v) is 3.65. The number of hydrogen-bond donors (Lipinski definition) is 0.